The van der Waals surface area contributed by atoms with E-state index < -0.39 is 15.8 Å². The first-order chi connectivity index (χ1) is 8.44. The van der Waals surface area contributed by atoms with Crippen molar-refractivity contribution in [1.29, 1.82) is 0 Å². The van der Waals surface area contributed by atoms with Crippen LogP contribution in [0.25, 0.3) is 0 Å². The Balaban J connectivity index is 2.17. The zero-order valence-electron chi connectivity index (χ0n) is 10.5. The number of amides is 1. The topological polar surface area (TPSA) is 89.5 Å². The maximum atomic E-state index is 11.6. The Labute approximate surface area is 107 Å². The summed E-state index contributed by atoms with van der Waals surface area (Å²) in [6.45, 7) is 2.46. The minimum absolute atomic E-state index is 0.0588. The fourth-order valence-electron chi connectivity index (χ4n) is 1.82. The van der Waals surface area contributed by atoms with E-state index in [4.69, 9.17) is 4.74 Å². The highest BCUT2D eigenvalue weighted by Crippen LogP contribution is 2.18. The van der Waals surface area contributed by atoms with Crippen molar-refractivity contribution < 1.29 is 22.7 Å². The van der Waals surface area contributed by atoms with Crippen molar-refractivity contribution in [3.63, 3.8) is 0 Å². The van der Waals surface area contributed by atoms with Crippen LogP contribution in [0.3, 0.4) is 0 Å². The lowest BCUT2D eigenvalue weighted by Crippen LogP contribution is -2.32. The molecule has 0 aromatic rings. The van der Waals surface area contributed by atoms with Crippen molar-refractivity contribution >= 4 is 21.7 Å². The molecule has 0 aromatic heterocycles. The van der Waals surface area contributed by atoms with Gasteiger partial charge in [0.25, 0.3) is 0 Å². The first-order valence-electron chi connectivity index (χ1n) is 6.08. The van der Waals surface area contributed by atoms with Gasteiger partial charge in [-0.25, -0.2) is 8.42 Å². The lowest BCUT2D eigenvalue weighted by molar-refractivity contribution is -0.143. The Bertz CT molecular complexity index is 404. The number of hydrogen-bond acceptors (Lipinski definition) is 5. The van der Waals surface area contributed by atoms with Crippen LogP contribution in [0, 0.1) is 5.92 Å². The maximum Gasteiger partial charge on any atom is 0.305 e. The number of sulfone groups is 1. The van der Waals surface area contributed by atoms with Crippen LogP contribution >= 0.6 is 0 Å². The maximum absolute atomic E-state index is 11.6. The third-order valence-electron chi connectivity index (χ3n) is 2.77. The summed E-state index contributed by atoms with van der Waals surface area (Å²) in [5.41, 5.74) is 0. The number of ether oxygens (including phenoxy) is 1. The Morgan fingerprint density at radius 1 is 1.39 bits per heavy atom. The van der Waals surface area contributed by atoms with Gasteiger partial charge in [0.1, 0.15) is 0 Å². The molecule has 1 atom stereocenters. The van der Waals surface area contributed by atoms with Gasteiger partial charge in [-0.15, -0.1) is 0 Å². The Morgan fingerprint density at radius 3 is 2.67 bits per heavy atom. The van der Waals surface area contributed by atoms with Crippen LogP contribution in [0.2, 0.25) is 0 Å². The molecular formula is C11H19NO5S. The largest absolute Gasteiger partial charge is 0.466 e. The molecular weight excluding hydrogens is 258 g/mol. The van der Waals surface area contributed by atoms with E-state index >= 15 is 0 Å². The van der Waals surface area contributed by atoms with Gasteiger partial charge in [-0.05, 0) is 19.8 Å². The molecule has 1 amide bonds. The number of rotatable bonds is 6. The molecule has 1 heterocycles. The fraction of sp³-hybridized carbons (Fsp3) is 0.818. The summed E-state index contributed by atoms with van der Waals surface area (Å²) in [5, 5.41) is 2.65. The smallest absolute Gasteiger partial charge is 0.305 e. The van der Waals surface area contributed by atoms with Crippen LogP contribution in [0.5, 0.6) is 0 Å². The summed E-state index contributed by atoms with van der Waals surface area (Å²) in [6.07, 6.45) is 1.16. The third kappa shape index (κ3) is 5.03. The van der Waals surface area contributed by atoms with Gasteiger partial charge >= 0.3 is 5.97 Å². The van der Waals surface area contributed by atoms with E-state index in [9.17, 15) is 18.0 Å². The number of carbonyl (C=O) groups is 2. The molecule has 7 heteroatoms. The van der Waals surface area contributed by atoms with Crippen LogP contribution < -0.4 is 5.32 Å². The third-order valence-corrected chi connectivity index (χ3v) is 4.53. The van der Waals surface area contributed by atoms with Crippen molar-refractivity contribution in [2.75, 3.05) is 24.7 Å². The normalized spacial score (nSPS) is 21.5. The van der Waals surface area contributed by atoms with Crippen LogP contribution in [-0.2, 0) is 24.2 Å². The lowest BCUT2D eigenvalue weighted by Gasteiger charge is -2.08. The van der Waals surface area contributed by atoms with Gasteiger partial charge < -0.3 is 10.1 Å². The monoisotopic (exact) mass is 277 g/mol. The van der Waals surface area contributed by atoms with Crippen LogP contribution in [0.4, 0.5) is 0 Å². The van der Waals surface area contributed by atoms with Gasteiger partial charge in [-0.3, -0.25) is 9.59 Å². The number of nitrogens with one attached hydrogen (secondary N) is 1. The van der Waals surface area contributed by atoms with E-state index in [-0.39, 0.29) is 29.8 Å². The number of esters is 1. The van der Waals surface area contributed by atoms with Crippen molar-refractivity contribution in [3.8, 4) is 0 Å². The van der Waals surface area contributed by atoms with Gasteiger partial charge in [-0.2, -0.15) is 0 Å². The molecule has 1 unspecified atom stereocenters. The molecule has 0 bridgehead atoms. The van der Waals surface area contributed by atoms with Gasteiger partial charge in [0.2, 0.25) is 5.91 Å². The van der Waals surface area contributed by atoms with Gasteiger partial charge in [0.05, 0.1) is 24.0 Å². The summed E-state index contributed by atoms with van der Waals surface area (Å²) < 4.78 is 27.1. The van der Waals surface area contributed by atoms with Crippen LogP contribution in [-0.4, -0.2) is 45.0 Å². The van der Waals surface area contributed by atoms with Crippen LogP contribution in [0.1, 0.15) is 26.2 Å². The molecule has 1 aliphatic rings. The SMILES string of the molecule is CCOC(=O)CCCNC(=O)C1CCS(=O)(=O)C1. The highest BCUT2D eigenvalue weighted by atomic mass is 32.2. The summed E-state index contributed by atoms with van der Waals surface area (Å²) >= 11 is 0. The van der Waals surface area contributed by atoms with Crippen molar-refractivity contribution in [1.82, 2.24) is 5.32 Å². The molecule has 0 aromatic carbocycles. The second-order valence-corrected chi connectivity index (χ2v) is 6.53. The first kappa shape index (κ1) is 14.9. The highest BCUT2D eigenvalue weighted by Gasteiger charge is 2.32. The zero-order valence-corrected chi connectivity index (χ0v) is 11.3. The second-order valence-electron chi connectivity index (χ2n) is 4.30. The lowest BCUT2D eigenvalue weighted by atomic mass is 10.1. The van der Waals surface area contributed by atoms with Crippen molar-refractivity contribution in [3.05, 3.63) is 0 Å². The quantitative estimate of drug-likeness (QED) is 0.540. The van der Waals surface area contributed by atoms with E-state index in [1.807, 2.05) is 0 Å². The van der Waals surface area contributed by atoms with Crippen LogP contribution in [0.15, 0.2) is 0 Å². The molecule has 6 nitrogen and oxygen atoms in total. The molecule has 104 valence electrons. The number of carbonyl (C=O) groups excluding carboxylic acids is 2. The fourth-order valence-corrected chi connectivity index (χ4v) is 3.56. The number of hydrogen-bond donors (Lipinski definition) is 1. The Morgan fingerprint density at radius 2 is 2.11 bits per heavy atom. The molecule has 0 saturated carbocycles. The average molecular weight is 277 g/mol. The van der Waals surface area contributed by atoms with E-state index in [1.54, 1.807) is 6.92 Å². The Kier molecular flexibility index (Phi) is 5.58. The molecule has 1 aliphatic heterocycles. The summed E-state index contributed by atoms with van der Waals surface area (Å²) in [4.78, 5) is 22.6. The first-order valence-corrected chi connectivity index (χ1v) is 7.90. The predicted octanol–water partition coefficient (Wildman–Crippen LogP) is -0.119. The molecule has 0 aliphatic carbocycles. The van der Waals surface area contributed by atoms with E-state index in [1.165, 1.54) is 0 Å². The second kappa shape index (κ2) is 6.72. The van der Waals surface area contributed by atoms with Gasteiger partial charge in [-0.1, -0.05) is 0 Å². The summed E-state index contributed by atoms with van der Waals surface area (Å²) in [7, 11) is -3.03. The summed E-state index contributed by atoms with van der Waals surface area (Å²) in [5.74, 6) is -0.919. The molecule has 0 spiro atoms. The summed E-state index contributed by atoms with van der Waals surface area (Å²) in [6, 6.07) is 0. The molecule has 1 N–H and O–H groups in total. The van der Waals surface area contributed by atoms with E-state index in [2.05, 4.69) is 5.32 Å². The Hall–Kier alpha value is -1.11. The van der Waals surface area contributed by atoms with Crippen molar-refractivity contribution in [2.45, 2.75) is 26.2 Å². The van der Waals surface area contributed by atoms with Gasteiger partial charge in [0.15, 0.2) is 9.84 Å². The van der Waals surface area contributed by atoms with E-state index in [0.717, 1.165) is 0 Å². The average Bonchev–Trinajstić information content (AvgIpc) is 2.65. The van der Waals surface area contributed by atoms with Crippen molar-refractivity contribution in [2.24, 2.45) is 5.92 Å². The standard InChI is InChI=1S/C11H19NO5S/c1-2-17-10(13)4-3-6-12-11(14)9-5-7-18(15,16)8-9/h9H,2-8H2,1H3,(H,12,14). The molecule has 18 heavy (non-hydrogen) atoms. The molecule has 1 rings (SSSR count). The minimum atomic E-state index is -3.03. The molecule has 1 saturated heterocycles. The minimum Gasteiger partial charge on any atom is -0.466 e. The van der Waals surface area contributed by atoms with Gasteiger partial charge in [0, 0.05) is 13.0 Å². The molecule has 0 radical (unpaired) electrons. The predicted molar refractivity (Wildman–Crippen MR) is 65.6 cm³/mol. The molecule has 1 fully saturated rings. The zero-order chi connectivity index (χ0) is 13.6. The van der Waals surface area contributed by atoms with E-state index in [0.29, 0.717) is 26.0 Å². The highest BCUT2D eigenvalue weighted by molar-refractivity contribution is 7.91.